The lowest BCUT2D eigenvalue weighted by molar-refractivity contribution is -0.112. The van der Waals surface area contributed by atoms with E-state index >= 15 is 0 Å². The molecule has 6 heteroatoms. The van der Waals surface area contributed by atoms with Gasteiger partial charge in [-0.25, -0.2) is 4.79 Å². The molecule has 0 aromatic heterocycles. The largest absolute Gasteiger partial charge is 0.496 e. The predicted molar refractivity (Wildman–Crippen MR) is 82.3 cm³/mol. The Morgan fingerprint density at radius 2 is 1.68 bits per heavy atom. The van der Waals surface area contributed by atoms with E-state index in [9.17, 15) is 9.59 Å². The van der Waals surface area contributed by atoms with Gasteiger partial charge in [0, 0.05) is 7.05 Å². The van der Waals surface area contributed by atoms with Gasteiger partial charge in [-0.2, -0.15) is 0 Å². The van der Waals surface area contributed by atoms with Crippen LogP contribution in [0.15, 0.2) is 18.2 Å². The van der Waals surface area contributed by atoms with Crippen molar-refractivity contribution in [3.8, 4) is 11.5 Å². The Bertz CT molecular complexity index is 514. The fourth-order valence-corrected chi connectivity index (χ4v) is 1.97. The first-order chi connectivity index (χ1) is 10.2. The van der Waals surface area contributed by atoms with Crippen molar-refractivity contribution in [2.24, 2.45) is 0 Å². The van der Waals surface area contributed by atoms with Crippen molar-refractivity contribution in [1.29, 1.82) is 0 Å². The number of hydrogen-bond acceptors (Lipinski definition) is 5. The lowest BCUT2D eigenvalue weighted by Gasteiger charge is -2.29. The number of carbonyl (C=O) groups excluding carboxylic acids is 2. The summed E-state index contributed by atoms with van der Waals surface area (Å²) in [5.41, 5.74) is -0.167. The molecule has 0 saturated carbocycles. The van der Waals surface area contributed by atoms with Crippen LogP contribution in [0.2, 0.25) is 0 Å². The van der Waals surface area contributed by atoms with Crippen LogP contribution in [0.1, 0.15) is 32.4 Å². The molecule has 1 aromatic carbocycles. The number of amides is 1. The number of aldehydes is 1. The Morgan fingerprint density at radius 3 is 2.05 bits per heavy atom. The minimum Gasteiger partial charge on any atom is -0.496 e. The number of carbonyl (C=O) groups is 2. The molecule has 0 bridgehead atoms. The van der Waals surface area contributed by atoms with Gasteiger partial charge in [-0.05, 0) is 32.9 Å². The van der Waals surface area contributed by atoms with Gasteiger partial charge in [0.15, 0.2) is 0 Å². The van der Waals surface area contributed by atoms with Gasteiger partial charge >= 0.3 is 6.09 Å². The van der Waals surface area contributed by atoms with E-state index in [1.54, 1.807) is 39.0 Å². The SMILES string of the molecule is COc1cccc(OC)c1C(C=O)N(C)C(=O)OC(C)(C)C. The molecule has 0 spiro atoms. The molecule has 0 heterocycles. The van der Waals surface area contributed by atoms with Gasteiger partial charge in [-0.15, -0.1) is 0 Å². The van der Waals surface area contributed by atoms with Crippen molar-refractivity contribution in [3.63, 3.8) is 0 Å². The van der Waals surface area contributed by atoms with Gasteiger partial charge in [0.25, 0.3) is 0 Å². The van der Waals surface area contributed by atoms with Crippen LogP contribution in [-0.4, -0.2) is 44.1 Å². The second-order valence-electron chi connectivity index (χ2n) is 5.75. The summed E-state index contributed by atoms with van der Waals surface area (Å²) in [5.74, 6) is 0.929. The smallest absolute Gasteiger partial charge is 0.410 e. The van der Waals surface area contributed by atoms with Gasteiger partial charge in [-0.1, -0.05) is 6.07 Å². The average Bonchev–Trinajstić information content (AvgIpc) is 2.46. The highest BCUT2D eigenvalue weighted by Gasteiger charge is 2.30. The van der Waals surface area contributed by atoms with Gasteiger partial charge in [0.05, 0.1) is 19.8 Å². The predicted octanol–water partition coefficient (Wildman–Crippen LogP) is 2.81. The van der Waals surface area contributed by atoms with Crippen LogP contribution in [0.5, 0.6) is 11.5 Å². The van der Waals surface area contributed by atoms with E-state index in [2.05, 4.69) is 0 Å². The van der Waals surface area contributed by atoms with Crippen molar-refractivity contribution in [1.82, 2.24) is 4.90 Å². The van der Waals surface area contributed by atoms with Crippen molar-refractivity contribution in [3.05, 3.63) is 23.8 Å². The minimum atomic E-state index is -0.874. The number of nitrogens with zero attached hydrogens (tertiary/aromatic N) is 1. The first kappa shape index (κ1) is 17.8. The molecular formula is C16H23NO5. The van der Waals surface area contributed by atoms with E-state index < -0.39 is 17.7 Å². The fraction of sp³-hybridized carbons (Fsp3) is 0.500. The van der Waals surface area contributed by atoms with Crippen LogP contribution in [-0.2, 0) is 9.53 Å². The lowest BCUT2D eigenvalue weighted by Crippen LogP contribution is -2.37. The second kappa shape index (κ2) is 7.15. The van der Waals surface area contributed by atoms with Crippen LogP contribution in [0.3, 0.4) is 0 Å². The zero-order valence-corrected chi connectivity index (χ0v) is 13.9. The van der Waals surface area contributed by atoms with E-state index in [0.29, 0.717) is 23.3 Å². The summed E-state index contributed by atoms with van der Waals surface area (Å²) in [6, 6.07) is 4.28. The van der Waals surface area contributed by atoms with Crippen LogP contribution < -0.4 is 9.47 Å². The third kappa shape index (κ3) is 4.13. The molecule has 1 atom stereocenters. The summed E-state index contributed by atoms with van der Waals surface area (Å²) in [5, 5.41) is 0. The summed E-state index contributed by atoms with van der Waals surface area (Å²) in [6.45, 7) is 5.29. The summed E-state index contributed by atoms with van der Waals surface area (Å²) in [7, 11) is 4.49. The molecule has 122 valence electrons. The molecule has 0 fully saturated rings. The number of benzene rings is 1. The Kier molecular flexibility index (Phi) is 5.79. The van der Waals surface area contributed by atoms with Crippen molar-refractivity contribution in [2.45, 2.75) is 32.4 Å². The zero-order valence-electron chi connectivity index (χ0n) is 13.9. The maximum absolute atomic E-state index is 12.2. The average molecular weight is 309 g/mol. The summed E-state index contributed by atoms with van der Waals surface area (Å²) in [6.07, 6.45) is 0.0576. The first-order valence-corrected chi connectivity index (χ1v) is 6.87. The normalized spacial score (nSPS) is 12.3. The van der Waals surface area contributed by atoms with Crippen molar-refractivity contribution >= 4 is 12.4 Å². The van der Waals surface area contributed by atoms with E-state index in [4.69, 9.17) is 14.2 Å². The summed E-state index contributed by atoms with van der Waals surface area (Å²) >= 11 is 0. The first-order valence-electron chi connectivity index (χ1n) is 6.87. The molecule has 0 aliphatic heterocycles. The zero-order chi connectivity index (χ0) is 16.9. The number of methoxy groups -OCH3 is 2. The van der Waals surface area contributed by atoms with Gasteiger partial charge in [0.2, 0.25) is 0 Å². The number of ether oxygens (including phenoxy) is 3. The molecule has 0 saturated heterocycles. The van der Waals surface area contributed by atoms with E-state index in [1.807, 2.05) is 0 Å². The third-order valence-electron chi connectivity index (χ3n) is 2.99. The molecular weight excluding hydrogens is 286 g/mol. The molecule has 22 heavy (non-hydrogen) atoms. The molecule has 1 unspecified atom stereocenters. The Labute approximate surface area is 131 Å². The third-order valence-corrected chi connectivity index (χ3v) is 2.99. The molecule has 0 aliphatic carbocycles. The molecule has 0 aliphatic rings. The van der Waals surface area contributed by atoms with E-state index in [1.165, 1.54) is 26.2 Å². The van der Waals surface area contributed by atoms with Crippen LogP contribution in [0.25, 0.3) is 0 Å². The highest BCUT2D eigenvalue weighted by Crippen LogP contribution is 2.36. The van der Waals surface area contributed by atoms with Crippen LogP contribution in [0.4, 0.5) is 4.79 Å². The number of likely N-dealkylation sites (N-methyl/N-ethyl adjacent to an activating group) is 1. The summed E-state index contributed by atoms with van der Waals surface area (Å²) < 4.78 is 15.9. The fourth-order valence-electron chi connectivity index (χ4n) is 1.97. The van der Waals surface area contributed by atoms with Crippen molar-refractivity contribution < 1.29 is 23.8 Å². The number of rotatable bonds is 5. The topological polar surface area (TPSA) is 65.1 Å². The van der Waals surface area contributed by atoms with Crippen LogP contribution in [0, 0.1) is 0 Å². The van der Waals surface area contributed by atoms with E-state index in [-0.39, 0.29) is 0 Å². The molecule has 1 amide bonds. The lowest BCUT2D eigenvalue weighted by atomic mass is 10.0. The highest BCUT2D eigenvalue weighted by molar-refractivity contribution is 5.76. The van der Waals surface area contributed by atoms with Gasteiger partial charge in [-0.3, -0.25) is 4.90 Å². The Morgan fingerprint density at radius 1 is 1.18 bits per heavy atom. The van der Waals surface area contributed by atoms with Gasteiger partial charge < -0.3 is 19.0 Å². The molecule has 1 rings (SSSR count). The van der Waals surface area contributed by atoms with Crippen LogP contribution >= 0.6 is 0 Å². The standard InChI is InChI=1S/C16H23NO5/c1-16(2,3)22-15(19)17(4)11(10-18)14-12(20-5)8-7-9-13(14)21-6/h7-11H,1-6H3. The van der Waals surface area contributed by atoms with Gasteiger partial charge in [0.1, 0.15) is 29.4 Å². The maximum Gasteiger partial charge on any atom is 0.410 e. The Hall–Kier alpha value is -2.24. The maximum atomic E-state index is 12.2. The highest BCUT2D eigenvalue weighted by atomic mass is 16.6. The van der Waals surface area contributed by atoms with E-state index in [0.717, 1.165) is 0 Å². The summed E-state index contributed by atoms with van der Waals surface area (Å²) in [4.78, 5) is 25.0. The number of hydrogen-bond donors (Lipinski definition) is 0. The molecule has 0 radical (unpaired) electrons. The molecule has 0 N–H and O–H groups in total. The minimum absolute atomic E-state index is 0.465. The second-order valence-corrected chi connectivity index (χ2v) is 5.75. The monoisotopic (exact) mass is 309 g/mol. The molecule has 6 nitrogen and oxygen atoms in total. The Balaban J connectivity index is 3.21. The molecule has 1 aromatic rings. The quantitative estimate of drug-likeness (QED) is 0.783. The van der Waals surface area contributed by atoms with Crippen molar-refractivity contribution in [2.75, 3.05) is 21.3 Å².